The molecule has 22 heavy (non-hydrogen) atoms. The zero-order chi connectivity index (χ0) is 16.7. The first-order chi connectivity index (χ1) is 10.00. The highest BCUT2D eigenvalue weighted by Crippen LogP contribution is 2.40. The maximum Gasteiger partial charge on any atom is 0.416 e. The Bertz CT molecular complexity index is 543. The van der Waals surface area contributed by atoms with Crippen LogP contribution in [0, 0.1) is 5.92 Å². The number of hydrogen-bond donors (Lipinski definition) is 1. The lowest BCUT2D eigenvalue weighted by molar-refractivity contribution is -0.143. The van der Waals surface area contributed by atoms with Crippen LogP contribution in [0.15, 0.2) is 18.2 Å². The summed E-state index contributed by atoms with van der Waals surface area (Å²) in [5.74, 6) is -1.30. The molecule has 1 aliphatic rings. The number of carbonyl (C=O) groups excluding carboxylic acids is 1. The molecular weight excluding hydrogens is 314 g/mol. The molecule has 1 fully saturated rings. The number of rotatable bonds is 2. The lowest BCUT2D eigenvalue weighted by Gasteiger charge is -2.20. The van der Waals surface area contributed by atoms with E-state index in [1.54, 1.807) is 0 Å². The van der Waals surface area contributed by atoms with Crippen LogP contribution in [0.2, 0.25) is 0 Å². The second-order valence-electron chi connectivity index (χ2n) is 5.25. The number of carbonyl (C=O) groups is 1. The molecule has 0 saturated heterocycles. The van der Waals surface area contributed by atoms with E-state index < -0.39 is 41.1 Å². The van der Waals surface area contributed by atoms with E-state index in [0.717, 1.165) is 0 Å². The Morgan fingerprint density at radius 2 is 1.50 bits per heavy atom. The van der Waals surface area contributed by atoms with Crippen molar-refractivity contribution in [2.75, 3.05) is 0 Å². The normalized spacial score (nSPS) is 21.2. The van der Waals surface area contributed by atoms with Gasteiger partial charge in [0.2, 0.25) is 0 Å². The number of aliphatic hydroxyl groups excluding tert-OH is 1. The van der Waals surface area contributed by atoms with Crippen LogP contribution in [0.3, 0.4) is 0 Å². The van der Waals surface area contributed by atoms with Gasteiger partial charge in [0, 0.05) is 12.3 Å². The number of Topliss-reactive ketones (excluding diaryl/α,β-unsaturated/α-hetero) is 1. The molecule has 1 aromatic rings. The quantitative estimate of drug-likeness (QED) is 0.830. The molecule has 0 aromatic heterocycles. The molecule has 1 saturated carbocycles. The second-order valence-corrected chi connectivity index (χ2v) is 5.25. The average molecular weight is 326 g/mol. The number of benzene rings is 1. The Hall–Kier alpha value is -1.57. The molecule has 122 valence electrons. The van der Waals surface area contributed by atoms with E-state index in [4.69, 9.17) is 0 Å². The fourth-order valence-electron chi connectivity index (χ4n) is 2.56. The SMILES string of the molecule is O=C1CCC[C@H]1[C@H](O)c1cc(C(F)(F)F)cc(C(F)(F)F)c1. The predicted molar refractivity (Wildman–Crippen MR) is 63.8 cm³/mol. The summed E-state index contributed by atoms with van der Waals surface area (Å²) in [5.41, 5.74) is -3.54. The minimum Gasteiger partial charge on any atom is -0.388 e. The van der Waals surface area contributed by atoms with Crippen LogP contribution in [-0.2, 0) is 17.1 Å². The minimum absolute atomic E-state index is 0.00725. The lowest BCUT2D eigenvalue weighted by Crippen LogP contribution is -2.19. The topological polar surface area (TPSA) is 37.3 Å². The Kier molecular flexibility index (Phi) is 4.25. The summed E-state index contributed by atoms with van der Waals surface area (Å²) in [6.07, 6.45) is -10.7. The van der Waals surface area contributed by atoms with Gasteiger partial charge in [-0.3, -0.25) is 4.79 Å². The van der Waals surface area contributed by atoms with E-state index in [9.17, 15) is 36.2 Å². The highest BCUT2D eigenvalue weighted by Gasteiger charge is 2.39. The third-order valence-electron chi connectivity index (χ3n) is 3.68. The monoisotopic (exact) mass is 326 g/mol. The molecule has 1 N–H and O–H groups in total. The molecule has 2 nitrogen and oxygen atoms in total. The van der Waals surface area contributed by atoms with Crippen LogP contribution in [0.5, 0.6) is 0 Å². The molecule has 0 unspecified atom stereocenters. The third kappa shape index (κ3) is 3.43. The molecule has 0 aliphatic heterocycles. The number of ketones is 1. The zero-order valence-corrected chi connectivity index (χ0v) is 11.1. The first kappa shape index (κ1) is 16.8. The minimum atomic E-state index is -4.98. The summed E-state index contributed by atoms with van der Waals surface area (Å²) < 4.78 is 76.4. The van der Waals surface area contributed by atoms with Gasteiger partial charge in [0.15, 0.2) is 0 Å². The Balaban J connectivity index is 2.48. The fourth-order valence-corrected chi connectivity index (χ4v) is 2.56. The molecule has 8 heteroatoms. The number of aliphatic hydroxyl groups is 1. The van der Waals surface area contributed by atoms with Crippen molar-refractivity contribution in [1.29, 1.82) is 0 Å². The van der Waals surface area contributed by atoms with Crippen molar-refractivity contribution in [1.82, 2.24) is 0 Å². The van der Waals surface area contributed by atoms with E-state index in [1.807, 2.05) is 0 Å². The standard InChI is InChI=1S/C14H12F6O2/c15-13(16,17)8-4-7(5-9(6-8)14(18,19)20)12(22)10-2-1-3-11(10)21/h4-6,10,12,22H,1-3H2/t10-,12-/m1/s1. The van der Waals surface area contributed by atoms with E-state index in [2.05, 4.69) is 0 Å². The molecule has 0 amide bonds. The van der Waals surface area contributed by atoms with E-state index >= 15 is 0 Å². The highest BCUT2D eigenvalue weighted by molar-refractivity contribution is 5.83. The third-order valence-corrected chi connectivity index (χ3v) is 3.68. The Labute approximate surface area is 121 Å². The van der Waals surface area contributed by atoms with Crippen molar-refractivity contribution in [3.63, 3.8) is 0 Å². The van der Waals surface area contributed by atoms with Crippen molar-refractivity contribution >= 4 is 5.78 Å². The molecule has 0 bridgehead atoms. The first-order valence-corrected chi connectivity index (χ1v) is 6.50. The van der Waals surface area contributed by atoms with Crippen molar-refractivity contribution in [3.05, 3.63) is 34.9 Å². The van der Waals surface area contributed by atoms with Gasteiger partial charge in [0.05, 0.1) is 17.2 Å². The van der Waals surface area contributed by atoms with Gasteiger partial charge in [-0.2, -0.15) is 26.3 Å². The Morgan fingerprint density at radius 1 is 1.00 bits per heavy atom. The molecule has 2 rings (SSSR count). The van der Waals surface area contributed by atoms with Crippen molar-refractivity contribution < 1.29 is 36.2 Å². The Morgan fingerprint density at radius 3 is 1.86 bits per heavy atom. The number of hydrogen-bond acceptors (Lipinski definition) is 2. The molecule has 2 atom stereocenters. The van der Waals surface area contributed by atoms with Crippen molar-refractivity contribution in [2.24, 2.45) is 5.92 Å². The summed E-state index contributed by atoms with van der Waals surface area (Å²) in [6, 6.07) is 0.920. The fraction of sp³-hybridized carbons (Fsp3) is 0.500. The second kappa shape index (κ2) is 5.57. The smallest absolute Gasteiger partial charge is 0.388 e. The van der Waals surface area contributed by atoms with Crippen LogP contribution < -0.4 is 0 Å². The van der Waals surface area contributed by atoms with E-state index in [0.29, 0.717) is 18.6 Å². The van der Waals surface area contributed by atoms with Gasteiger partial charge in [-0.25, -0.2) is 0 Å². The predicted octanol–water partition coefficient (Wildman–Crippen LogP) is 4.13. The van der Waals surface area contributed by atoms with Gasteiger partial charge in [-0.05, 0) is 36.6 Å². The van der Waals surface area contributed by atoms with Crippen molar-refractivity contribution in [2.45, 2.75) is 37.7 Å². The van der Waals surface area contributed by atoms with Crippen LogP contribution in [-0.4, -0.2) is 10.9 Å². The number of halogens is 6. The van der Waals surface area contributed by atoms with Crippen LogP contribution >= 0.6 is 0 Å². The maximum absolute atomic E-state index is 12.7. The maximum atomic E-state index is 12.7. The van der Waals surface area contributed by atoms with Gasteiger partial charge in [0.1, 0.15) is 5.78 Å². The average Bonchev–Trinajstić information content (AvgIpc) is 2.81. The molecule has 0 heterocycles. The molecular formula is C14H12F6O2. The van der Waals surface area contributed by atoms with Gasteiger partial charge >= 0.3 is 12.4 Å². The zero-order valence-electron chi connectivity index (χ0n) is 11.1. The molecule has 0 radical (unpaired) electrons. The molecule has 1 aliphatic carbocycles. The van der Waals surface area contributed by atoms with Crippen LogP contribution in [0.4, 0.5) is 26.3 Å². The summed E-state index contributed by atoms with van der Waals surface area (Å²) in [5, 5.41) is 10.0. The largest absolute Gasteiger partial charge is 0.416 e. The van der Waals surface area contributed by atoms with Gasteiger partial charge < -0.3 is 5.11 Å². The first-order valence-electron chi connectivity index (χ1n) is 6.50. The van der Waals surface area contributed by atoms with Gasteiger partial charge in [-0.1, -0.05) is 0 Å². The van der Waals surface area contributed by atoms with E-state index in [-0.39, 0.29) is 24.7 Å². The number of alkyl halides is 6. The van der Waals surface area contributed by atoms with Crippen LogP contribution in [0.1, 0.15) is 42.1 Å². The highest BCUT2D eigenvalue weighted by atomic mass is 19.4. The van der Waals surface area contributed by atoms with Gasteiger partial charge in [0.25, 0.3) is 0 Å². The van der Waals surface area contributed by atoms with Crippen molar-refractivity contribution in [3.8, 4) is 0 Å². The van der Waals surface area contributed by atoms with Crippen LogP contribution in [0.25, 0.3) is 0 Å². The van der Waals surface area contributed by atoms with E-state index in [1.165, 1.54) is 0 Å². The summed E-state index contributed by atoms with van der Waals surface area (Å²) in [4.78, 5) is 11.5. The molecule has 0 spiro atoms. The summed E-state index contributed by atoms with van der Waals surface area (Å²) in [6.45, 7) is 0. The summed E-state index contributed by atoms with van der Waals surface area (Å²) >= 11 is 0. The summed E-state index contributed by atoms with van der Waals surface area (Å²) in [7, 11) is 0. The molecule has 1 aromatic carbocycles. The van der Waals surface area contributed by atoms with Gasteiger partial charge in [-0.15, -0.1) is 0 Å². The lowest BCUT2D eigenvalue weighted by atomic mass is 9.91.